The first-order valence-electron chi connectivity index (χ1n) is 13.4. The van der Waals surface area contributed by atoms with Gasteiger partial charge in [-0.05, 0) is 76.3 Å². The summed E-state index contributed by atoms with van der Waals surface area (Å²) in [6.07, 6.45) is 6.47. The maximum absolute atomic E-state index is 14.0. The zero-order valence-corrected chi connectivity index (χ0v) is 23.1. The Morgan fingerprint density at radius 3 is 2.53 bits per heavy atom. The van der Waals surface area contributed by atoms with Gasteiger partial charge in [0.05, 0.1) is 12.1 Å². The molecule has 9 heteroatoms. The first-order chi connectivity index (χ1) is 17.2. The summed E-state index contributed by atoms with van der Waals surface area (Å²) < 4.78 is 0. The number of carbonyl (C=O) groups excluding carboxylic acids is 2. The van der Waals surface area contributed by atoms with Crippen molar-refractivity contribution in [3.8, 4) is 0 Å². The highest BCUT2D eigenvalue weighted by atomic mass is 35.5. The van der Waals surface area contributed by atoms with Crippen molar-refractivity contribution < 1.29 is 14.7 Å². The second kappa shape index (κ2) is 11.9. The second-order valence-electron chi connectivity index (χ2n) is 10.7. The van der Waals surface area contributed by atoms with Crippen LogP contribution in [0.2, 0.25) is 5.02 Å². The van der Waals surface area contributed by atoms with Crippen molar-refractivity contribution in [2.75, 3.05) is 25.0 Å². The zero-order valence-electron chi connectivity index (χ0n) is 21.6. The molecule has 200 valence electrons. The number of aliphatic hydroxyl groups excluding tert-OH is 1. The summed E-state index contributed by atoms with van der Waals surface area (Å²) in [5.74, 6) is -0.211. The number of alkyl halides is 1. The minimum atomic E-state index is -0.629. The van der Waals surface area contributed by atoms with Crippen LogP contribution in [-0.4, -0.2) is 71.7 Å². The average Bonchev–Trinajstić information content (AvgIpc) is 3.44. The summed E-state index contributed by atoms with van der Waals surface area (Å²) in [5.41, 5.74) is 1.48. The molecule has 3 unspecified atom stereocenters. The molecule has 3 N–H and O–H groups in total. The van der Waals surface area contributed by atoms with Crippen molar-refractivity contribution in [2.24, 2.45) is 5.92 Å². The van der Waals surface area contributed by atoms with Crippen molar-refractivity contribution >= 4 is 40.7 Å². The highest BCUT2D eigenvalue weighted by Crippen LogP contribution is 2.46. The van der Waals surface area contributed by atoms with Crippen LogP contribution in [0.4, 0.5) is 5.69 Å². The molecule has 0 aromatic heterocycles. The summed E-state index contributed by atoms with van der Waals surface area (Å²) in [5, 5.41) is 17.2. The molecule has 7 nitrogen and oxygen atoms in total. The number of nitrogens with one attached hydrogen (secondary N) is 2. The molecule has 2 heterocycles. The minimum absolute atomic E-state index is 0.0141. The van der Waals surface area contributed by atoms with Crippen LogP contribution in [0, 0.1) is 5.92 Å². The van der Waals surface area contributed by atoms with Crippen molar-refractivity contribution in [3.63, 3.8) is 0 Å². The zero-order chi connectivity index (χ0) is 26.0. The molecule has 1 aliphatic carbocycles. The van der Waals surface area contributed by atoms with Gasteiger partial charge in [0.2, 0.25) is 11.8 Å². The molecule has 2 amide bonds. The van der Waals surface area contributed by atoms with Crippen molar-refractivity contribution in [1.82, 2.24) is 15.5 Å². The maximum Gasteiger partial charge on any atom is 0.245 e. The molecule has 3 aliphatic rings. The topological polar surface area (TPSA) is 84.9 Å². The lowest BCUT2D eigenvalue weighted by atomic mass is 9.83. The van der Waals surface area contributed by atoms with E-state index in [2.05, 4.69) is 15.5 Å². The Morgan fingerprint density at radius 1 is 1.14 bits per heavy atom. The van der Waals surface area contributed by atoms with E-state index in [9.17, 15) is 14.7 Å². The molecule has 0 spiro atoms. The van der Waals surface area contributed by atoms with Crippen LogP contribution in [0.25, 0.3) is 0 Å². The molecule has 36 heavy (non-hydrogen) atoms. The number of nitrogens with zero attached hydrogens (tertiary/aromatic N) is 2. The fourth-order valence-electron chi connectivity index (χ4n) is 6.20. The normalized spacial score (nSPS) is 27.0. The Kier molecular flexibility index (Phi) is 9.08. The Labute approximate surface area is 224 Å². The van der Waals surface area contributed by atoms with Gasteiger partial charge in [0.25, 0.3) is 0 Å². The van der Waals surface area contributed by atoms with E-state index in [0.717, 1.165) is 49.8 Å². The quantitative estimate of drug-likeness (QED) is 0.345. The van der Waals surface area contributed by atoms with Gasteiger partial charge in [-0.2, -0.15) is 0 Å². The highest BCUT2D eigenvalue weighted by Gasteiger charge is 2.44. The number of likely N-dealkylation sites (tertiary alicyclic amines) is 1. The van der Waals surface area contributed by atoms with E-state index in [4.69, 9.17) is 23.2 Å². The predicted molar refractivity (Wildman–Crippen MR) is 145 cm³/mol. The Hall–Kier alpha value is -1.54. The van der Waals surface area contributed by atoms with Crippen LogP contribution in [-0.2, 0) is 9.59 Å². The number of amides is 2. The Balaban J connectivity index is 1.55. The van der Waals surface area contributed by atoms with E-state index in [1.807, 2.05) is 30.0 Å². The fourth-order valence-corrected chi connectivity index (χ4v) is 6.91. The monoisotopic (exact) mass is 538 g/mol. The number of benzene rings is 1. The largest absolute Gasteiger partial charge is 0.393 e. The van der Waals surface area contributed by atoms with Crippen LogP contribution >= 0.6 is 23.2 Å². The molecule has 1 aromatic carbocycles. The van der Waals surface area contributed by atoms with Gasteiger partial charge in [-0.25, -0.2) is 0 Å². The number of halogens is 2. The van der Waals surface area contributed by atoms with Crippen molar-refractivity contribution in [3.05, 3.63) is 28.8 Å². The van der Waals surface area contributed by atoms with Crippen molar-refractivity contribution in [2.45, 2.75) is 94.4 Å². The highest BCUT2D eigenvalue weighted by molar-refractivity contribution is 6.31. The smallest absolute Gasteiger partial charge is 0.245 e. The summed E-state index contributed by atoms with van der Waals surface area (Å²) in [7, 11) is 1.75. The Morgan fingerprint density at radius 2 is 1.86 bits per heavy atom. The molecule has 0 bridgehead atoms. The van der Waals surface area contributed by atoms with Crippen LogP contribution in [0.1, 0.15) is 70.3 Å². The molecular formula is C27H40Cl2N4O3. The lowest BCUT2D eigenvalue weighted by Crippen LogP contribution is -2.57. The third kappa shape index (κ3) is 5.64. The molecule has 0 radical (unpaired) electrons. The van der Waals surface area contributed by atoms with Gasteiger partial charge in [-0.15, -0.1) is 0 Å². The van der Waals surface area contributed by atoms with E-state index in [-0.39, 0.29) is 35.7 Å². The van der Waals surface area contributed by atoms with Crippen LogP contribution in [0.3, 0.4) is 0 Å². The lowest BCUT2D eigenvalue weighted by Gasteiger charge is -2.37. The molecule has 4 rings (SSSR count). The SMILES string of the molecule is CN[C@@H](C)C(=O)N[C@H](C(=O)N1CCC[C@H]1CN1c2ccc(Cl)cc2C(C(C)O)C1Cl)C1CCCCC1. The lowest BCUT2D eigenvalue weighted by molar-refractivity contribution is -0.139. The number of likely N-dealkylation sites (N-methyl/N-ethyl adjacent to an activating group) is 1. The summed E-state index contributed by atoms with van der Waals surface area (Å²) >= 11 is 13.2. The fraction of sp³-hybridized carbons (Fsp3) is 0.704. The van der Waals surface area contributed by atoms with E-state index in [1.165, 1.54) is 6.42 Å². The number of carbonyl (C=O) groups is 2. The third-order valence-corrected chi connectivity index (χ3v) is 9.09. The van der Waals surface area contributed by atoms with Crippen LogP contribution in [0.5, 0.6) is 0 Å². The summed E-state index contributed by atoms with van der Waals surface area (Å²) in [6.45, 7) is 4.82. The standard InChI is InChI=1S/C27H40Cl2N4O3/c1-16(30-3)26(35)31-24(18-8-5-4-6-9-18)27(36)32-13-7-10-20(32)15-33-22-12-11-19(28)14-21(22)23(17(2)34)25(33)29/h11-12,14,16-18,20,23-25,30,34H,4-10,13,15H2,1-3H3,(H,31,35)/t16-,17?,20-,23?,24-,25?/m0/s1. The number of hydrogen-bond donors (Lipinski definition) is 3. The number of fused-ring (bicyclic) bond motifs is 1. The first kappa shape index (κ1) is 27.5. The molecule has 1 saturated carbocycles. The first-order valence-corrected chi connectivity index (χ1v) is 14.2. The molecule has 1 saturated heterocycles. The number of rotatable bonds is 8. The van der Waals surface area contributed by atoms with Gasteiger partial charge in [0.15, 0.2) is 0 Å². The van der Waals surface area contributed by atoms with E-state index in [0.29, 0.717) is 18.1 Å². The number of hydrogen-bond acceptors (Lipinski definition) is 5. The van der Waals surface area contributed by atoms with Crippen molar-refractivity contribution in [1.29, 1.82) is 0 Å². The predicted octanol–water partition coefficient (Wildman–Crippen LogP) is 3.85. The minimum Gasteiger partial charge on any atom is -0.393 e. The summed E-state index contributed by atoms with van der Waals surface area (Å²) in [6, 6.07) is 4.81. The van der Waals surface area contributed by atoms with Gasteiger partial charge in [-0.3, -0.25) is 9.59 Å². The van der Waals surface area contributed by atoms with Crippen LogP contribution < -0.4 is 15.5 Å². The maximum atomic E-state index is 14.0. The Bertz CT molecular complexity index is 940. The van der Waals surface area contributed by atoms with Gasteiger partial charge < -0.3 is 25.5 Å². The summed E-state index contributed by atoms with van der Waals surface area (Å²) in [4.78, 5) is 30.9. The second-order valence-corrected chi connectivity index (χ2v) is 11.6. The molecule has 2 aliphatic heterocycles. The average molecular weight is 540 g/mol. The molecule has 1 aromatic rings. The van der Waals surface area contributed by atoms with Gasteiger partial charge in [0, 0.05) is 35.8 Å². The number of aliphatic hydroxyl groups is 1. The molecule has 2 fully saturated rings. The van der Waals surface area contributed by atoms with Gasteiger partial charge >= 0.3 is 0 Å². The van der Waals surface area contributed by atoms with Gasteiger partial charge in [-0.1, -0.05) is 42.5 Å². The van der Waals surface area contributed by atoms with E-state index < -0.39 is 17.6 Å². The third-order valence-electron chi connectivity index (χ3n) is 8.35. The van der Waals surface area contributed by atoms with E-state index >= 15 is 0 Å². The van der Waals surface area contributed by atoms with E-state index in [1.54, 1.807) is 14.0 Å². The molecular weight excluding hydrogens is 499 g/mol. The van der Waals surface area contributed by atoms with Gasteiger partial charge in [0.1, 0.15) is 11.5 Å². The molecule has 6 atom stereocenters. The number of anilines is 1. The van der Waals surface area contributed by atoms with Crippen LogP contribution in [0.15, 0.2) is 18.2 Å².